The van der Waals surface area contributed by atoms with E-state index in [0.717, 1.165) is 5.56 Å². The Morgan fingerprint density at radius 2 is 1.88 bits per heavy atom. The molecule has 1 N–H and O–H groups in total. The number of aromatic nitrogens is 2. The van der Waals surface area contributed by atoms with Crippen LogP contribution < -0.4 is 10.1 Å². The highest BCUT2D eigenvalue weighted by Gasteiger charge is 2.11. The monoisotopic (exact) mass is 323 g/mol. The van der Waals surface area contributed by atoms with Crippen LogP contribution in [0.1, 0.15) is 10.4 Å². The predicted octanol–water partition coefficient (Wildman–Crippen LogP) is 3.54. The highest BCUT2D eigenvalue weighted by molar-refractivity contribution is 6.04. The van der Waals surface area contributed by atoms with E-state index in [2.05, 4.69) is 15.5 Å². The van der Waals surface area contributed by atoms with Gasteiger partial charge in [0.1, 0.15) is 5.82 Å². The SMILES string of the molecule is COc1ccc(-c2cccc(NC(=O)c3ccccc3F)c2)nn1. The lowest BCUT2D eigenvalue weighted by molar-refractivity contribution is 0.102. The van der Waals surface area contributed by atoms with Crippen LogP contribution in [0.25, 0.3) is 11.3 Å². The second-order valence-electron chi connectivity index (χ2n) is 4.98. The van der Waals surface area contributed by atoms with Gasteiger partial charge in [0.25, 0.3) is 5.91 Å². The van der Waals surface area contributed by atoms with Gasteiger partial charge in [-0.25, -0.2) is 4.39 Å². The largest absolute Gasteiger partial charge is 0.480 e. The summed E-state index contributed by atoms with van der Waals surface area (Å²) in [6.07, 6.45) is 0. The van der Waals surface area contributed by atoms with Gasteiger partial charge in [-0.15, -0.1) is 10.2 Å². The second kappa shape index (κ2) is 6.87. The molecule has 0 unspecified atom stereocenters. The molecule has 0 bridgehead atoms. The molecule has 1 aromatic heterocycles. The Hall–Kier alpha value is -3.28. The lowest BCUT2D eigenvalue weighted by atomic mass is 10.1. The summed E-state index contributed by atoms with van der Waals surface area (Å²) in [6, 6.07) is 16.4. The molecular formula is C18H14FN3O2. The highest BCUT2D eigenvalue weighted by atomic mass is 19.1. The van der Waals surface area contributed by atoms with E-state index in [1.807, 2.05) is 6.07 Å². The fourth-order valence-corrected chi connectivity index (χ4v) is 2.18. The number of anilines is 1. The van der Waals surface area contributed by atoms with Crippen molar-refractivity contribution in [1.82, 2.24) is 10.2 Å². The van der Waals surface area contributed by atoms with Crippen LogP contribution in [-0.4, -0.2) is 23.2 Å². The smallest absolute Gasteiger partial charge is 0.258 e. The number of methoxy groups -OCH3 is 1. The lowest BCUT2D eigenvalue weighted by Crippen LogP contribution is -2.13. The second-order valence-corrected chi connectivity index (χ2v) is 4.98. The number of nitrogens with one attached hydrogen (secondary N) is 1. The van der Waals surface area contributed by atoms with Gasteiger partial charge < -0.3 is 10.1 Å². The molecule has 0 radical (unpaired) electrons. The number of benzene rings is 2. The van der Waals surface area contributed by atoms with Crippen LogP contribution in [0.5, 0.6) is 5.88 Å². The molecule has 2 aromatic carbocycles. The van der Waals surface area contributed by atoms with Crippen molar-refractivity contribution in [3.63, 3.8) is 0 Å². The van der Waals surface area contributed by atoms with E-state index in [-0.39, 0.29) is 5.56 Å². The Balaban J connectivity index is 1.82. The Labute approximate surface area is 138 Å². The van der Waals surface area contributed by atoms with Crippen LogP contribution in [0, 0.1) is 5.82 Å². The molecule has 0 aliphatic carbocycles. The van der Waals surface area contributed by atoms with Crippen molar-refractivity contribution in [2.45, 2.75) is 0 Å². The number of nitrogens with zero attached hydrogens (tertiary/aromatic N) is 2. The molecule has 5 nitrogen and oxygen atoms in total. The molecule has 24 heavy (non-hydrogen) atoms. The molecule has 0 saturated heterocycles. The molecule has 1 amide bonds. The van der Waals surface area contributed by atoms with E-state index >= 15 is 0 Å². The van der Waals surface area contributed by atoms with Gasteiger partial charge in [-0.05, 0) is 30.3 Å². The van der Waals surface area contributed by atoms with Crippen molar-refractivity contribution in [2.75, 3.05) is 12.4 Å². The zero-order valence-electron chi connectivity index (χ0n) is 12.9. The summed E-state index contributed by atoms with van der Waals surface area (Å²) >= 11 is 0. The number of hydrogen-bond acceptors (Lipinski definition) is 4. The molecule has 0 atom stereocenters. The number of rotatable bonds is 4. The first-order valence-corrected chi connectivity index (χ1v) is 7.21. The van der Waals surface area contributed by atoms with Gasteiger partial charge in [0, 0.05) is 17.3 Å². The summed E-state index contributed by atoms with van der Waals surface area (Å²) in [5.74, 6) is -0.652. The topological polar surface area (TPSA) is 64.1 Å². The lowest BCUT2D eigenvalue weighted by Gasteiger charge is -2.08. The van der Waals surface area contributed by atoms with Gasteiger partial charge in [-0.1, -0.05) is 24.3 Å². The molecule has 3 rings (SSSR count). The third-order valence-electron chi connectivity index (χ3n) is 3.38. The van der Waals surface area contributed by atoms with Gasteiger partial charge >= 0.3 is 0 Å². The van der Waals surface area contributed by atoms with Crippen molar-refractivity contribution in [2.24, 2.45) is 0 Å². The molecular weight excluding hydrogens is 309 g/mol. The molecule has 0 aliphatic heterocycles. The first kappa shape index (κ1) is 15.6. The standard InChI is InChI=1S/C18H14FN3O2/c1-24-17-10-9-16(21-22-17)12-5-4-6-13(11-12)20-18(23)14-7-2-3-8-15(14)19/h2-11H,1H3,(H,20,23). The molecule has 6 heteroatoms. The fourth-order valence-electron chi connectivity index (χ4n) is 2.18. The van der Waals surface area contributed by atoms with E-state index < -0.39 is 11.7 Å². The number of ether oxygens (including phenoxy) is 1. The van der Waals surface area contributed by atoms with Gasteiger partial charge in [0.15, 0.2) is 0 Å². The number of carbonyl (C=O) groups excluding carboxylic acids is 1. The van der Waals surface area contributed by atoms with Crippen LogP contribution >= 0.6 is 0 Å². The number of halogens is 1. The van der Waals surface area contributed by atoms with Gasteiger partial charge in [0.05, 0.1) is 18.4 Å². The predicted molar refractivity (Wildman–Crippen MR) is 88.4 cm³/mol. The summed E-state index contributed by atoms with van der Waals surface area (Å²) in [5, 5.41) is 10.7. The average molecular weight is 323 g/mol. The number of carbonyl (C=O) groups is 1. The Bertz CT molecular complexity index is 866. The summed E-state index contributed by atoms with van der Waals surface area (Å²) in [7, 11) is 1.52. The maximum Gasteiger partial charge on any atom is 0.258 e. The van der Waals surface area contributed by atoms with E-state index in [4.69, 9.17) is 4.74 Å². The maximum atomic E-state index is 13.7. The summed E-state index contributed by atoms with van der Waals surface area (Å²) in [4.78, 5) is 12.2. The zero-order chi connectivity index (χ0) is 16.9. The van der Waals surface area contributed by atoms with E-state index in [1.54, 1.807) is 36.4 Å². The van der Waals surface area contributed by atoms with Gasteiger partial charge in [-0.2, -0.15) is 0 Å². The van der Waals surface area contributed by atoms with E-state index in [1.165, 1.54) is 25.3 Å². The number of hydrogen-bond donors (Lipinski definition) is 1. The summed E-state index contributed by atoms with van der Waals surface area (Å²) in [6.45, 7) is 0. The first-order valence-electron chi connectivity index (χ1n) is 7.21. The van der Waals surface area contributed by atoms with Crippen molar-refractivity contribution in [3.05, 3.63) is 72.0 Å². The van der Waals surface area contributed by atoms with Gasteiger partial charge in [0.2, 0.25) is 5.88 Å². The van der Waals surface area contributed by atoms with E-state index in [9.17, 15) is 9.18 Å². The molecule has 0 spiro atoms. The zero-order valence-corrected chi connectivity index (χ0v) is 12.9. The molecule has 3 aromatic rings. The minimum atomic E-state index is -0.563. The minimum absolute atomic E-state index is 0.00728. The molecule has 120 valence electrons. The fraction of sp³-hybridized carbons (Fsp3) is 0.0556. The summed E-state index contributed by atoms with van der Waals surface area (Å²) in [5.41, 5.74) is 1.94. The van der Waals surface area contributed by atoms with Crippen molar-refractivity contribution >= 4 is 11.6 Å². The van der Waals surface area contributed by atoms with E-state index in [0.29, 0.717) is 17.3 Å². The Morgan fingerprint density at radius 3 is 2.58 bits per heavy atom. The molecule has 1 heterocycles. The van der Waals surface area contributed by atoms with Crippen LogP contribution in [0.4, 0.5) is 10.1 Å². The van der Waals surface area contributed by atoms with Gasteiger partial charge in [-0.3, -0.25) is 4.79 Å². The molecule has 0 saturated carbocycles. The van der Waals surface area contributed by atoms with Crippen LogP contribution in [0.3, 0.4) is 0 Å². The van der Waals surface area contributed by atoms with Crippen molar-refractivity contribution in [3.8, 4) is 17.1 Å². The minimum Gasteiger partial charge on any atom is -0.480 e. The first-order chi connectivity index (χ1) is 11.7. The van der Waals surface area contributed by atoms with Crippen LogP contribution in [-0.2, 0) is 0 Å². The Kier molecular flexibility index (Phi) is 4.47. The number of amides is 1. The summed E-state index contributed by atoms with van der Waals surface area (Å²) < 4.78 is 18.6. The third kappa shape index (κ3) is 3.38. The third-order valence-corrected chi connectivity index (χ3v) is 3.38. The normalized spacial score (nSPS) is 10.2. The van der Waals surface area contributed by atoms with Crippen LogP contribution in [0.2, 0.25) is 0 Å². The van der Waals surface area contributed by atoms with Crippen LogP contribution in [0.15, 0.2) is 60.7 Å². The average Bonchev–Trinajstić information content (AvgIpc) is 2.62. The van der Waals surface area contributed by atoms with Crippen molar-refractivity contribution < 1.29 is 13.9 Å². The highest BCUT2D eigenvalue weighted by Crippen LogP contribution is 2.22. The molecule has 0 aliphatic rings. The quantitative estimate of drug-likeness (QED) is 0.797. The maximum absolute atomic E-state index is 13.7. The molecule has 0 fully saturated rings. The van der Waals surface area contributed by atoms with Crippen molar-refractivity contribution in [1.29, 1.82) is 0 Å². The Morgan fingerprint density at radius 1 is 1.04 bits per heavy atom.